The van der Waals surface area contributed by atoms with Crippen molar-refractivity contribution < 1.29 is 9.90 Å². The molecule has 1 N–H and O–H groups in total. The number of hydrogen-bond donors (Lipinski definition) is 1. The van der Waals surface area contributed by atoms with Gasteiger partial charge in [0.25, 0.3) is 0 Å². The number of carboxylic acid groups (broad SMARTS) is 1. The van der Waals surface area contributed by atoms with Crippen molar-refractivity contribution in [3.8, 4) is 0 Å². The summed E-state index contributed by atoms with van der Waals surface area (Å²) in [7, 11) is 0. The zero-order chi connectivity index (χ0) is 10.8. The summed E-state index contributed by atoms with van der Waals surface area (Å²) in [5, 5.41) is 9.19. The van der Waals surface area contributed by atoms with E-state index in [1.807, 2.05) is 0 Å². The Bertz CT molecular complexity index is 230. The summed E-state index contributed by atoms with van der Waals surface area (Å²) in [5.41, 5.74) is 0. The fourth-order valence-electron chi connectivity index (χ4n) is 3.26. The fraction of sp³-hybridized carbons (Fsp3) is 0.917. The minimum Gasteiger partial charge on any atom is -0.480 e. The van der Waals surface area contributed by atoms with Crippen LogP contribution in [0.1, 0.15) is 39.0 Å². The van der Waals surface area contributed by atoms with Crippen molar-refractivity contribution in [2.75, 3.05) is 13.1 Å². The summed E-state index contributed by atoms with van der Waals surface area (Å²) < 4.78 is 0. The van der Waals surface area contributed by atoms with Crippen LogP contribution in [0.5, 0.6) is 0 Å². The Morgan fingerprint density at radius 3 is 2.47 bits per heavy atom. The van der Waals surface area contributed by atoms with E-state index in [0.29, 0.717) is 0 Å². The molecule has 0 aromatic heterocycles. The lowest BCUT2D eigenvalue weighted by Crippen LogP contribution is -2.40. The standard InChI is InChI=1S/C12H21NO2/c1-2-4-11(12(14)15)13-7-9-5-3-6-10(9)8-13/h9-11H,2-8H2,1H3,(H,14,15). The zero-order valence-electron chi connectivity index (χ0n) is 9.48. The van der Waals surface area contributed by atoms with E-state index in [-0.39, 0.29) is 6.04 Å². The third-order valence-electron chi connectivity index (χ3n) is 4.04. The van der Waals surface area contributed by atoms with Crippen LogP contribution in [0.15, 0.2) is 0 Å². The van der Waals surface area contributed by atoms with Crippen molar-refractivity contribution in [3.05, 3.63) is 0 Å². The quantitative estimate of drug-likeness (QED) is 0.773. The zero-order valence-corrected chi connectivity index (χ0v) is 9.48. The van der Waals surface area contributed by atoms with Crippen molar-refractivity contribution in [1.29, 1.82) is 0 Å². The summed E-state index contributed by atoms with van der Waals surface area (Å²) in [4.78, 5) is 13.4. The molecule has 2 rings (SSSR count). The summed E-state index contributed by atoms with van der Waals surface area (Å²) in [6, 6.07) is -0.222. The van der Waals surface area contributed by atoms with Gasteiger partial charge in [-0.2, -0.15) is 0 Å². The molecule has 2 fully saturated rings. The smallest absolute Gasteiger partial charge is 0.320 e. The lowest BCUT2D eigenvalue weighted by Gasteiger charge is -2.24. The molecule has 1 saturated carbocycles. The SMILES string of the molecule is CCCC(C(=O)O)N1CC2CCCC2C1. The van der Waals surface area contributed by atoms with Crippen molar-refractivity contribution in [1.82, 2.24) is 4.90 Å². The van der Waals surface area contributed by atoms with Crippen LogP contribution in [-0.2, 0) is 4.79 Å². The second-order valence-electron chi connectivity index (χ2n) is 5.05. The fourth-order valence-corrected chi connectivity index (χ4v) is 3.26. The van der Waals surface area contributed by atoms with E-state index in [1.165, 1.54) is 19.3 Å². The second kappa shape index (κ2) is 4.52. The maximum Gasteiger partial charge on any atom is 0.320 e. The van der Waals surface area contributed by atoms with E-state index in [9.17, 15) is 9.90 Å². The predicted molar refractivity (Wildman–Crippen MR) is 58.7 cm³/mol. The molecular formula is C12H21NO2. The number of likely N-dealkylation sites (tertiary alicyclic amines) is 1. The van der Waals surface area contributed by atoms with Gasteiger partial charge in [0.15, 0.2) is 0 Å². The Labute approximate surface area is 91.5 Å². The van der Waals surface area contributed by atoms with Gasteiger partial charge in [-0.25, -0.2) is 0 Å². The highest BCUT2D eigenvalue weighted by Crippen LogP contribution is 2.38. The van der Waals surface area contributed by atoms with Gasteiger partial charge < -0.3 is 5.11 Å². The normalized spacial score (nSPS) is 32.9. The van der Waals surface area contributed by atoms with Gasteiger partial charge in [0.1, 0.15) is 6.04 Å². The van der Waals surface area contributed by atoms with E-state index < -0.39 is 5.97 Å². The van der Waals surface area contributed by atoms with Crippen LogP contribution in [0, 0.1) is 11.8 Å². The van der Waals surface area contributed by atoms with Crippen molar-refractivity contribution in [2.45, 2.75) is 45.1 Å². The molecule has 0 spiro atoms. The maximum absolute atomic E-state index is 11.2. The lowest BCUT2D eigenvalue weighted by atomic mass is 10.0. The molecule has 0 amide bonds. The molecule has 0 radical (unpaired) electrons. The van der Waals surface area contributed by atoms with E-state index in [1.54, 1.807) is 0 Å². The van der Waals surface area contributed by atoms with E-state index in [4.69, 9.17) is 0 Å². The monoisotopic (exact) mass is 211 g/mol. The average Bonchev–Trinajstić information content (AvgIpc) is 2.72. The molecule has 3 atom stereocenters. The molecule has 15 heavy (non-hydrogen) atoms. The molecule has 3 heteroatoms. The Kier molecular flexibility index (Phi) is 3.29. The second-order valence-corrected chi connectivity index (χ2v) is 5.05. The van der Waals surface area contributed by atoms with Gasteiger partial charge in [-0.15, -0.1) is 0 Å². The number of nitrogens with zero attached hydrogens (tertiary/aromatic N) is 1. The highest BCUT2D eigenvalue weighted by molar-refractivity contribution is 5.73. The van der Waals surface area contributed by atoms with Crippen LogP contribution in [0.25, 0.3) is 0 Å². The van der Waals surface area contributed by atoms with Gasteiger partial charge >= 0.3 is 5.97 Å². The van der Waals surface area contributed by atoms with Crippen LogP contribution in [0.4, 0.5) is 0 Å². The molecule has 86 valence electrons. The number of fused-ring (bicyclic) bond motifs is 1. The molecule has 2 aliphatic rings. The summed E-state index contributed by atoms with van der Waals surface area (Å²) in [6.07, 6.45) is 5.76. The molecule has 0 aromatic carbocycles. The first-order chi connectivity index (χ1) is 7.22. The van der Waals surface area contributed by atoms with Gasteiger partial charge in [-0.3, -0.25) is 9.69 Å². The number of carboxylic acids is 1. The summed E-state index contributed by atoms with van der Waals surface area (Å²) >= 11 is 0. The van der Waals surface area contributed by atoms with Gasteiger partial charge in [-0.05, 0) is 31.1 Å². The van der Waals surface area contributed by atoms with E-state index >= 15 is 0 Å². The lowest BCUT2D eigenvalue weighted by molar-refractivity contribution is -0.143. The molecule has 3 unspecified atom stereocenters. The van der Waals surface area contributed by atoms with Crippen LogP contribution >= 0.6 is 0 Å². The molecular weight excluding hydrogens is 190 g/mol. The number of hydrogen-bond acceptors (Lipinski definition) is 2. The van der Waals surface area contributed by atoms with Gasteiger partial charge in [0.2, 0.25) is 0 Å². The third-order valence-corrected chi connectivity index (χ3v) is 4.04. The minimum atomic E-state index is -0.628. The Morgan fingerprint density at radius 1 is 1.40 bits per heavy atom. The number of aliphatic carboxylic acids is 1. The maximum atomic E-state index is 11.2. The van der Waals surface area contributed by atoms with Crippen LogP contribution in [0.2, 0.25) is 0 Å². The molecule has 0 aromatic rings. The number of rotatable bonds is 4. The molecule has 3 nitrogen and oxygen atoms in total. The van der Waals surface area contributed by atoms with Gasteiger partial charge in [0.05, 0.1) is 0 Å². The first kappa shape index (κ1) is 10.9. The molecule has 1 aliphatic carbocycles. The van der Waals surface area contributed by atoms with Gasteiger partial charge in [-0.1, -0.05) is 19.8 Å². The van der Waals surface area contributed by atoms with Crippen molar-refractivity contribution >= 4 is 5.97 Å². The molecule has 1 aliphatic heterocycles. The molecule has 1 heterocycles. The predicted octanol–water partition coefficient (Wildman–Crippen LogP) is 1.97. The molecule has 0 bridgehead atoms. The molecule has 1 saturated heterocycles. The van der Waals surface area contributed by atoms with Crippen LogP contribution in [0.3, 0.4) is 0 Å². The van der Waals surface area contributed by atoms with E-state index in [0.717, 1.165) is 37.8 Å². The first-order valence-electron chi connectivity index (χ1n) is 6.19. The topological polar surface area (TPSA) is 40.5 Å². The Morgan fingerprint density at radius 2 is 2.00 bits per heavy atom. The average molecular weight is 211 g/mol. The highest BCUT2D eigenvalue weighted by atomic mass is 16.4. The van der Waals surface area contributed by atoms with Crippen LogP contribution in [-0.4, -0.2) is 35.1 Å². The summed E-state index contributed by atoms with van der Waals surface area (Å²) in [6.45, 7) is 4.12. The Balaban J connectivity index is 1.95. The summed E-state index contributed by atoms with van der Waals surface area (Å²) in [5.74, 6) is 0.962. The highest BCUT2D eigenvalue weighted by Gasteiger charge is 2.40. The van der Waals surface area contributed by atoms with Crippen molar-refractivity contribution in [3.63, 3.8) is 0 Å². The van der Waals surface area contributed by atoms with Gasteiger partial charge in [0, 0.05) is 13.1 Å². The largest absolute Gasteiger partial charge is 0.480 e. The Hall–Kier alpha value is -0.570. The third kappa shape index (κ3) is 2.17. The van der Waals surface area contributed by atoms with Crippen LogP contribution < -0.4 is 0 Å². The minimum absolute atomic E-state index is 0.222. The van der Waals surface area contributed by atoms with Crippen molar-refractivity contribution in [2.24, 2.45) is 11.8 Å². The number of carbonyl (C=O) groups is 1. The van der Waals surface area contributed by atoms with E-state index in [2.05, 4.69) is 11.8 Å². The first-order valence-corrected chi connectivity index (χ1v) is 6.19.